The molecule has 13 nitrogen and oxygen atoms in total. The van der Waals surface area contributed by atoms with Gasteiger partial charge in [-0.05, 0) is 30.0 Å². The summed E-state index contributed by atoms with van der Waals surface area (Å²) in [5.74, 6) is -1.03. The van der Waals surface area contributed by atoms with E-state index >= 15 is 0 Å². The molecule has 1 saturated carbocycles. The summed E-state index contributed by atoms with van der Waals surface area (Å²) in [7, 11) is -4.64. The number of halogens is 1. The topological polar surface area (TPSA) is 185 Å². The van der Waals surface area contributed by atoms with Crippen LogP contribution in [0.1, 0.15) is 37.5 Å². The van der Waals surface area contributed by atoms with Crippen LogP contribution in [0.3, 0.4) is 0 Å². The highest BCUT2D eigenvalue weighted by atomic mass is 35.5. The molecule has 200 valence electrons. The molecule has 5 atom stereocenters. The monoisotopic (exact) mass is 554 g/mol. The van der Waals surface area contributed by atoms with Crippen molar-refractivity contribution in [3.05, 3.63) is 41.2 Å². The lowest BCUT2D eigenvalue weighted by Gasteiger charge is -2.22. The summed E-state index contributed by atoms with van der Waals surface area (Å²) in [4.78, 5) is 28.0. The number of aliphatic hydroxyl groups is 2. The standard InChI is InChI=1S/C22H28ClN6O7P/c23-22-25-19(24-13-8-4-5-9-13)16-20(26-22)29(28-27-16)21-18(31)17(30)14(36-21)11-35-15(37(32,33)34)10-12-6-2-1-3-7-12/h1-3,6-7,13-15,17-18,21,30-31H,4-5,8-11H2,(H,24,25,26)(H2,32,33,34)/t14-,15?,17-,18-,21-/m1/s1. The maximum atomic E-state index is 12.0. The summed E-state index contributed by atoms with van der Waals surface area (Å²) in [6.45, 7) is -0.381. The molecule has 5 rings (SSSR count). The second kappa shape index (κ2) is 10.9. The van der Waals surface area contributed by atoms with E-state index < -0.39 is 38.0 Å². The minimum absolute atomic E-state index is 0.0418. The first-order chi connectivity index (χ1) is 17.7. The van der Waals surface area contributed by atoms with Gasteiger partial charge in [0.15, 0.2) is 29.1 Å². The number of aliphatic hydroxyl groups excluding tert-OH is 2. The minimum atomic E-state index is -4.64. The van der Waals surface area contributed by atoms with Crippen LogP contribution in [0.25, 0.3) is 11.2 Å². The highest BCUT2D eigenvalue weighted by Gasteiger charge is 2.46. The van der Waals surface area contributed by atoms with Crippen LogP contribution in [0, 0.1) is 0 Å². The van der Waals surface area contributed by atoms with Crippen molar-refractivity contribution in [3.63, 3.8) is 0 Å². The van der Waals surface area contributed by atoms with E-state index in [0.717, 1.165) is 25.7 Å². The Morgan fingerprint density at radius 3 is 2.59 bits per heavy atom. The van der Waals surface area contributed by atoms with Crippen molar-refractivity contribution in [1.82, 2.24) is 25.0 Å². The lowest BCUT2D eigenvalue weighted by atomic mass is 10.1. The maximum absolute atomic E-state index is 12.0. The smallest absolute Gasteiger partial charge is 0.354 e. The Kier molecular flexibility index (Phi) is 7.75. The zero-order valence-corrected chi connectivity index (χ0v) is 21.3. The Balaban J connectivity index is 1.32. The van der Waals surface area contributed by atoms with Crippen LogP contribution in [0.15, 0.2) is 30.3 Å². The van der Waals surface area contributed by atoms with Crippen LogP contribution >= 0.6 is 19.2 Å². The minimum Gasteiger partial charge on any atom is -0.387 e. The lowest BCUT2D eigenvalue weighted by Crippen LogP contribution is -2.35. The number of nitrogens with one attached hydrogen (secondary N) is 1. The maximum Gasteiger partial charge on any atom is 0.354 e. The van der Waals surface area contributed by atoms with Crippen LogP contribution in [0.5, 0.6) is 0 Å². The van der Waals surface area contributed by atoms with Crippen molar-refractivity contribution in [3.8, 4) is 0 Å². The van der Waals surface area contributed by atoms with Gasteiger partial charge in [0.1, 0.15) is 18.3 Å². The molecule has 2 aliphatic rings. The number of aromatic nitrogens is 5. The highest BCUT2D eigenvalue weighted by molar-refractivity contribution is 7.52. The fourth-order valence-electron chi connectivity index (χ4n) is 4.70. The fourth-order valence-corrected chi connectivity index (χ4v) is 5.60. The van der Waals surface area contributed by atoms with Crippen LogP contribution in [-0.2, 0) is 20.5 Å². The molecule has 3 aromatic rings. The van der Waals surface area contributed by atoms with E-state index in [1.165, 1.54) is 4.68 Å². The van der Waals surface area contributed by atoms with Gasteiger partial charge < -0.3 is 34.8 Å². The Morgan fingerprint density at radius 2 is 1.89 bits per heavy atom. The van der Waals surface area contributed by atoms with Gasteiger partial charge in [-0.15, -0.1) is 5.10 Å². The predicted molar refractivity (Wildman–Crippen MR) is 132 cm³/mol. The molecular weight excluding hydrogens is 527 g/mol. The van der Waals surface area contributed by atoms with E-state index in [1.807, 2.05) is 0 Å². The van der Waals surface area contributed by atoms with Gasteiger partial charge in [-0.25, -0.2) is 0 Å². The Bertz CT molecular complexity index is 1270. The number of hydrogen-bond acceptors (Lipinski definition) is 10. The van der Waals surface area contributed by atoms with Crippen LogP contribution in [0.2, 0.25) is 5.28 Å². The first-order valence-corrected chi connectivity index (χ1v) is 14.0. The molecular formula is C22H28ClN6O7P. The van der Waals surface area contributed by atoms with E-state index in [9.17, 15) is 24.6 Å². The average Bonchev–Trinajstić information content (AvgIpc) is 3.58. The quantitative estimate of drug-likeness (QED) is 0.190. The molecule has 1 aromatic carbocycles. The number of benzene rings is 1. The van der Waals surface area contributed by atoms with Gasteiger partial charge in [-0.3, -0.25) is 4.57 Å². The molecule has 1 unspecified atom stereocenters. The summed E-state index contributed by atoms with van der Waals surface area (Å²) in [5.41, 5.74) is 1.22. The molecule has 0 amide bonds. The summed E-state index contributed by atoms with van der Waals surface area (Å²) in [5, 5.41) is 32.8. The van der Waals surface area contributed by atoms with Gasteiger partial charge in [0, 0.05) is 12.5 Å². The number of hydrogen-bond donors (Lipinski definition) is 5. The first kappa shape index (κ1) is 26.4. The Morgan fingerprint density at radius 1 is 1.16 bits per heavy atom. The van der Waals surface area contributed by atoms with Crippen LogP contribution < -0.4 is 5.32 Å². The highest BCUT2D eigenvalue weighted by Crippen LogP contribution is 2.44. The van der Waals surface area contributed by atoms with Gasteiger partial charge in [-0.2, -0.15) is 14.6 Å². The molecule has 2 aromatic heterocycles. The largest absolute Gasteiger partial charge is 0.387 e. The zero-order valence-electron chi connectivity index (χ0n) is 19.7. The van der Waals surface area contributed by atoms with Gasteiger partial charge in [0.25, 0.3) is 0 Å². The SMILES string of the molecule is O=P(O)(O)C(Cc1ccccc1)OC[C@H]1O[C@@H](n2nnc3c(NC4CCCC4)nc(Cl)nc32)[C@H](O)[C@@H]1O. The molecule has 1 aliphatic carbocycles. The molecule has 3 heterocycles. The number of fused-ring (bicyclic) bond motifs is 1. The number of rotatable bonds is 9. The van der Waals surface area contributed by atoms with E-state index in [0.29, 0.717) is 16.9 Å². The summed E-state index contributed by atoms with van der Waals surface area (Å²) in [6.07, 6.45) is -0.981. The van der Waals surface area contributed by atoms with Crippen molar-refractivity contribution >= 4 is 36.2 Å². The second-order valence-electron chi connectivity index (χ2n) is 9.29. The van der Waals surface area contributed by atoms with Crippen molar-refractivity contribution < 1.29 is 34.0 Å². The zero-order chi connectivity index (χ0) is 26.2. The Labute approximate surface area is 216 Å². The lowest BCUT2D eigenvalue weighted by molar-refractivity contribution is -0.0764. The molecule has 1 saturated heterocycles. The van der Waals surface area contributed by atoms with E-state index in [1.54, 1.807) is 30.3 Å². The molecule has 15 heteroatoms. The second-order valence-corrected chi connectivity index (χ2v) is 11.4. The fraction of sp³-hybridized carbons (Fsp3) is 0.545. The number of ether oxygens (including phenoxy) is 2. The number of nitrogens with zero attached hydrogens (tertiary/aromatic N) is 5. The van der Waals surface area contributed by atoms with Crippen LogP contribution in [0.4, 0.5) is 5.82 Å². The predicted octanol–water partition coefficient (Wildman–Crippen LogP) is 1.61. The van der Waals surface area contributed by atoms with Crippen molar-refractivity contribution in [2.45, 2.75) is 68.5 Å². The van der Waals surface area contributed by atoms with Crippen LogP contribution in [-0.4, -0.2) is 81.8 Å². The van der Waals surface area contributed by atoms with E-state index in [2.05, 4.69) is 25.6 Å². The van der Waals surface area contributed by atoms with E-state index in [-0.39, 0.29) is 30.0 Å². The molecule has 0 spiro atoms. The van der Waals surface area contributed by atoms with Gasteiger partial charge in [0.2, 0.25) is 5.28 Å². The van der Waals surface area contributed by atoms with Crippen molar-refractivity contribution in [1.29, 1.82) is 0 Å². The average molecular weight is 555 g/mol. The third kappa shape index (κ3) is 5.79. The van der Waals surface area contributed by atoms with Gasteiger partial charge >= 0.3 is 7.60 Å². The van der Waals surface area contributed by atoms with Gasteiger partial charge in [-0.1, -0.05) is 48.4 Å². The summed E-state index contributed by atoms with van der Waals surface area (Å²) >= 11 is 6.15. The van der Waals surface area contributed by atoms with Gasteiger partial charge in [0.05, 0.1) is 6.61 Å². The summed E-state index contributed by atoms with van der Waals surface area (Å²) < 4.78 is 24.6. The molecule has 2 fully saturated rings. The third-order valence-electron chi connectivity index (χ3n) is 6.65. The number of anilines is 1. The van der Waals surface area contributed by atoms with E-state index in [4.69, 9.17) is 21.1 Å². The molecule has 0 bridgehead atoms. The Hall–Kier alpha value is -2.22. The molecule has 5 N–H and O–H groups in total. The molecule has 0 radical (unpaired) electrons. The third-order valence-corrected chi connectivity index (χ3v) is 7.90. The molecule has 37 heavy (non-hydrogen) atoms. The first-order valence-electron chi connectivity index (χ1n) is 12.0. The van der Waals surface area contributed by atoms with Crippen molar-refractivity contribution in [2.75, 3.05) is 11.9 Å². The molecule has 1 aliphatic heterocycles. The normalized spacial score (nSPS) is 25.6. The van der Waals surface area contributed by atoms with Crippen molar-refractivity contribution in [2.24, 2.45) is 0 Å². The summed E-state index contributed by atoms with van der Waals surface area (Å²) in [6, 6.07) is 8.99.